The topological polar surface area (TPSA) is 86.8 Å². The molecule has 1 saturated carbocycles. The Morgan fingerprint density at radius 3 is 2.29 bits per heavy atom. The second-order valence-electron chi connectivity index (χ2n) is 10.6. The van der Waals surface area contributed by atoms with E-state index < -0.39 is 27.8 Å². The normalized spacial score (nSPS) is 15.2. The number of anilines is 1. The molecule has 1 aliphatic carbocycles. The molecule has 226 valence electrons. The van der Waals surface area contributed by atoms with Crippen LogP contribution in [-0.4, -0.2) is 56.6 Å². The summed E-state index contributed by atoms with van der Waals surface area (Å²) in [6.45, 7) is 1.99. The van der Waals surface area contributed by atoms with Gasteiger partial charge in [-0.3, -0.25) is 13.9 Å². The number of carbonyl (C=O) groups excluding carboxylic acids is 2. The first-order valence-electron chi connectivity index (χ1n) is 14.2. The van der Waals surface area contributed by atoms with Crippen molar-refractivity contribution in [3.63, 3.8) is 0 Å². The van der Waals surface area contributed by atoms with Gasteiger partial charge in [-0.1, -0.05) is 62.6 Å². The van der Waals surface area contributed by atoms with Crippen molar-refractivity contribution in [1.82, 2.24) is 10.2 Å². The van der Waals surface area contributed by atoms with Crippen molar-refractivity contribution >= 4 is 27.5 Å². The van der Waals surface area contributed by atoms with E-state index in [1.807, 2.05) is 37.3 Å². The van der Waals surface area contributed by atoms with Crippen molar-refractivity contribution < 1.29 is 31.2 Å². The van der Waals surface area contributed by atoms with Gasteiger partial charge in [-0.15, -0.1) is 0 Å². The smallest absolute Gasteiger partial charge is 0.352 e. The first-order chi connectivity index (χ1) is 19.4. The summed E-state index contributed by atoms with van der Waals surface area (Å²) in [7, 11) is -3.92. The lowest BCUT2D eigenvalue weighted by atomic mass is 9.95. The SMILES string of the molecule is CC[C@H](C(=O)NC1CCCCC1)N(CCc1ccccc1)C(=O)CCCN(c1cccc(C(F)(F)F)c1)S(C)(=O)=O. The standard InChI is InChI=1S/C30H40F3N3O4S/c1-3-27(29(38)34-25-15-8-5-9-16-25)35(21-19-23-12-6-4-7-13-23)28(37)18-11-20-36(41(2,39)40)26-17-10-14-24(22-26)30(31,32)33/h4,6-7,10,12-14,17,22,25,27H,3,5,8-9,11,15-16,18-21H2,1-2H3,(H,34,38)/t27-/m1/s1. The van der Waals surface area contributed by atoms with Gasteiger partial charge in [0.2, 0.25) is 21.8 Å². The zero-order valence-electron chi connectivity index (χ0n) is 23.7. The molecule has 0 saturated heterocycles. The summed E-state index contributed by atoms with van der Waals surface area (Å²) >= 11 is 0. The molecular weight excluding hydrogens is 555 g/mol. The minimum Gasteiger partial charge on any atom is -0.352 e. The van der Waals surface area contributed by atoms with Gasteiger partial charge in [-0.2, -0.15) is 13.2 Å². The Balaban J connectivity index is 1.74. The highest BCUT2D eigenvalue weighted by atomic mass is 32.2. The van der Waals surface area contributed by atoms with Crippen LogP contribution in [0.5, 0.6) is 0 Å². The molecule has 2 aromatic rings. The number of alkyl halides is 3. The van der Waals surface area contributed by atoms with E-state index in [4.69, 9.17) is 0 Å². The van der Waals surface area contributed by atoms with Crippen molar-refractivity contribution in [3.8, 4) is 0 Å². The van der Waals surface area contributed by atoms with E-state index >= 15 is 0 Å². The number of hydrogen-bond donors (Lipinski definition) is 1. The second-order valence-corrected chi connectivity index (χ2v) is 12.5. The molecule has 2 amide bonds. The Kier molecular flexibility index (Phi) is 11.6. The van der Waals surface area contributed by atoms with Gasteiger partial charge in [0.25, 0.3) is 0 Å². The van der Waals surface area contributed by atoms with Crippen LogP contribution in [-0.2, 0) is 32.2 Å². The van der Waals surface area contributed by atoms with Gasteiger partial charge >= 0.3 is 6.18 Å². The van der Waals surface area contributed by atoms with Crippen LogP contribution in [0.2, 0.25) is 0 Å². The number of nitrogens with one attached hydrogen (secondary N) is 1. The Morgan fingerprint density at radius 1 is 1.00 bits per heavy atom. The van der Waals surface area contributed by atoms with Crippen LogP contribution in [0.3, 0.4) is 0 Å². The summed E-state index contributed by atoms with van der Waals surface area (Å²) in [6, 6.07) is 13.1. The van der Waals surface area contributed by atoms with Crippen LogP contribution in [0.4, 0.5) is 18.9 Å². The molecule has 0 heterocycles. The van der Waals surface area contributed by atoms with Gasteiger partial charge in [0, 0.05) is 25.6 Å². The summed E-state index contributed by atoms with van der Waals surface area (Å²) in [5, 5.41) is 3.12. The minimum absolute atomic E-state index is 0.0625. The van der Waals surface area contributed by atoms with E-state index in [0.717, 1.165) is 66.4 Å². The average molecular weight is 596 g/mol. The predicted octanol–water partition coefficient (Wildman–Crippen LogP) is 5.55. The lowest BCUT2D eigenvalue weighted by molar-refractivity contribution is -0.141. The Morgan fingerprint density at radius 2 is 1.68 bits per heavy atom. The number of rotatable bonds is 13. The summed E-state index contributed by atoms with van der Waals surface area (Å²) in [5.74, 6) is -0.494. The molecule has 1 N–H and O–H groups in total. The van der Waals surface area contributed by atoms with Crippen LogP contribution < -0.4 is 9.62 Å². The molecule has 11 heteroatoms. The zero-order chi connectivity index (χ0) is 30.0. The predicted molar refractivity (Wildman–Crippen MR) is 154 cm³/mol. The van der Waals surface area contributed by atoms with Gasteiger partial charge < -0.3 is 10.2 Å². The highest BCUT2D eigenvalue weighted by Crippen LogP contribution is 2.32. The van der Waals surface area contributed by atoms with E-state index in [1.165, 1.54) is 6.07 Å². The first kappa shape index (κ1) is 32.4. The Labute approximate surface area is 241 Å². The molecule has 0 aliphatic heterocycles. The molecule has 0 bridgehead atoms. The van der Waals surface area contributed by atoms with Crippen molar-refractivity contribution in [3.05, 3.63) is 65.7 Å². The summed E-state index contributed by atoms with van der Waals surface area (Å²) in [4.78, 5) is 28.4. The Hall–Kier alpha value is -3.08. The van der Waals surface area contributed by atoms with Crippen LogP contribution in [0.15, 0.2) is 54.6 Å². The quantitative estimate of drug-likeness (QED) is 0.329. The van der Waals surface area contributed by atoms with Gasteiger partial charge in [-0.05, 0) is 55.9 Å². The van der Waals surface area contributed by atoms with Crippen molar-refractivity contribution in [2.75, 3.05) is 23.7 Å². The van der Waals surface area contributed by atoms with Crippen LogP contribution in [0, 0.1) is 0 Å². The molecule has 7 nitrogen and oxygen atoms in total. The lowest BCUT2D eigenvalue weighted by Crippen LogP contribution is -2.52. The third-order valence-corrected chi connectivity index (χ3v) is 8.63. The maximum absolute atomic E-state index is 13.5. The van der Waals surface area contributed by atoms with E-state index in [2.05, 4.69) is 5.32 Å². The van der Waals surface area contributed by atoms with E-state index in [9.17, 15) is 31.2 Å². The van der Waals surface area contributed by atoms with Gasteiger partial charge in [0.15, 0.2) is 0 Å². The second kappa shape index (κ2) is 14.7. The van der Waals surface area contributed by atoms with Gasteiger partial charge in [0.05, 0.1) is 17.5 Å². The van der Waals surface area contributed by atoms with Crippen molar-refractivity contribution in [1.29, 1.82) is 0 Å². The molecule has 3 rings (SSSR count). The number of nitrogens with zero attached hydrogens (tertiary/aromatic N) is 2. The lowest BCUT2D eigenvalue weighted by Gasteiger charge is -2.33. The monoisotopic (exact) mass is 595 g/mol. The molecule has 1 aliphatic rings. The summed E-state index contributed by atoms with van der Waals surface area (Å²) < 4.78 is 65.6. The number of sulfonamides is 1. The number of halogens is 3. The third-order valence-electron chi connectivity index (χ3n) is 7.44. The molecule has 1 atom stereocenters. The van der Waals surface area contributed by atoms with E-state index in [1.54, 1.807) is 4.90 Å². The average Bonchev–Trinajstić information content (AvgIpc) is 2.93. The molecule has 1 fully saturated rings. The Bertz CT molecular complexity index is 1250. The molecule has 0 unspecified atom stereocenters. The maximum Gasteiger partial charge on any atom is 0.416 e. The van der Waals surface area contributed by atoms with Crippen molar-refractivity contribution in [2.24, 2.45) is 0 Å². The van der Waals surface area contributed by atoms with Gasteiger partial charge in [0.1, 0.15) is 6.04 Å². The van der Waals surface area contributed by atoms with Crippen LogP contribution in [0.1, 0.15) is 69.4 Å². The van der Waals surface area contributed by atoms with E-state index in [-0.39, 0.29) is 42.9 Å². The number of amides is 2. The molecular formula is C30H40F3N3O4S. The molecule has 0 aromatic heterocycles. The fourth-order valence-electron chi connectivity index (χ4n) is 5.28. The first-order valence-corrected chi connectivity index (χ1v) is 16.0. The summed E-state index contributed by atoms with van der Waals surface area (Å²) in [5.41, 5.74) is -0.0591. The molecule has 0 spiro atoms. The molecule has 2 aromatic carbocycles. The third kappa shape index (κ3) is 9.76. The number of hydrogen-bond acceptors (Lipinski definition) is 4. The zero-order valence-corrected chi connectivity index (χ0v) is 24.5. The summed E-state index contributed by atoms with van der Waals surface area (Å²) in [6.07, 6.45) is 2.36. The molecule has 0 radical (unpaired) electrons. The van der Waals surface area contributed by atoms with Crippen LogP contribution in [0.25, 0.3) is 0 Å². The number of benzene rings is 2. The molecule has 41 heavy (non-hydrogen) atoms. The highest BCUT2D eigenvalue weighted by Gasteiger charge is 2.32. The highest BCUT2D eigenvalue weighted by molar-refractivity contribution is 7.92. The van der Waals surface area contributed by atoms with Gasteiger partial charge in [-0.25, -0.2) is 8.42 Å². The fraction of sp³-hybridized carbons (Fsp3) is 0.533. The minimum atomic E-state index is -4.62. The van der Waals surface area contributed by atoms with E-state index in [0.29, 0.717) is 19.4 Å². The maximum atomic E-state index is 13.5. The van der Waals surface area contributed by atoms with Crippen molar-refractivity contribution in [2.45, 2.75) is 83.0 Å². The largest absolute Gasteiger partial charge is 0.416 e. The fourth-order valence-corrected chi connectivity index (χ4v) is 6.24. The number of carbonyl (C=O) groups is 2. The van der Waals surface area contributed by atoms with Crippen LogP contribution >= 0.6 is 0 Å².